The van der Waals surface area contributed by atoms with E-state index >= 15 is 0 Å². The average Bonchev–Trinajstić information content (AvgIpc) is 3.53. The Morgan fingerprint density at radius 2 is 2.12 bits per heavy atom. The van der Waals surface area contributed by atoms with Crippen LogP contribution in [0.15, 0.2) is 66.9 Å². The predicted molar refractivity (Wildman–Crippen MR) is 156 cm³/mol. The molecule has 10 heteroatoms. The molecule has 1 saturated heterocycles. The van der Waals surface area contributed by atoms with E-state index < -0.39 is 11.5 Å². The number of hydrogen-bond acceptors (Lipinski definition) is 7. The zero-order chi connectivity index (χ0) is 28.8. The van der Waals surface area contributed by atoms with Crippen molar-refractivity contribution in [3.05, 3.63) is 83.7 Å². The zero-order valence-electron chi connectivity index (χ0n) is 23.4. The number of anilines is 2. The first kappa shape index (κ1) is 28.7. The van der Waals surface area contributed by atoms with Crippen molar-refractivity contribution in [3.63, 3.8) is 0 Å². The molecular weight excluding hydrogens is 520 g/mol. The van der Waals surface area contributed by atoms with Crippen LogP contribution in [0.5, 0.6) is 0 Å². The van der Waals surface area contributed by atoms with E-state index in [0.717, 1.165) is 30.6 Å². The summed E-state index contributed by atoms with van der Waals surface area (Å²) in [5.74, 6) is -0.898. The largest absolute Gasteiger partial charge is 0.396 e. The van der Waals surface area contributed by atoms with Crippen LogP contribution in [0, 0.1) is 11.8 Å². The van der Waals surface area contributed by atoms with Gasteiger partial charge < -0.3 is 25.7 Å². The number of amides is 2. The van der Waals surface area contributed by atoms with Crippen molar-refractivity contribution in [1.29, 1.82) is 0 Å². The van der Waals surface area contributed by atoms with Crippen LogP contribution in [0.25, 0.3) is 0 Å². The number of carbonyl (C=O) groups excluding carboxylic acids is 2. The number of aromatic nitrogens is 3. The number of hydrogen-bond donors (Lipinski definition) is 4. The second-order valence-electron chi connectivity index (χ2n) is 10.9. The number of benzene rings is 2. The molecule has 41 heavy (non-hydrogen) atoms. The lowest BCUT2D eigenvalue weighted by Gasteiger charge is -2.27. The van der Waals surface area contributed by atoms with Gasteiger partial charge in [-0.3, -0.25) is 14.3 Å². The first-order valence-corrected chi connectivity index (χ1v) is 14.3. The predicted octanol–water partition coefficient (Wildman–Crippen LogP) is 2.77. The van der Waals surface area contributed by atoms with Gasteiger partial charge in [0, 0.05) is 49.5 Å². The van der Waals surface area contributed by atoms with Crippen molar-refractivity contribution in [2.45, 2.75) is 51.3 Å². The zero-order valence-corrected chi connectivity index (χ0v) is 23.4. The molecular formula is C31H38N6O4. The van der Waals surface area contributed by atoms with Crippen molar-refractivity contribution in [2.24, 2.45) is 11.8 Å². The Morgan fingerprint density at radius 1 is 1.27 bits per heavy atom. The number of para-hydroxylation sites is 1. The summed E-state index contributed by atoms with van der Waals surface area (Å²) in [6.07, 6.45) is 8.60. The highest BCUT2D eigenvalue weighted by atomic mass is 16.3. The molecule has 2 amide bonds. The third-order valence-corrected chi connectivity index (χ3v) is 7.94. The average molecular weight is 559 g/mol. The molecule has 2 aliphatic heterocycles. The van der Waals surface area contributed by atoms with Crippen LogP contribution in [0.1, 0.15) is 43.0 Å². The molecule has 3 aromatic rings. The molecule has 216 valence electrons. The molecule has 2 aromatic carbocycles. The Kier molecular flexibility index (Phi) is 8.92. The summed E-state index contributed by atoms with van der Waals surface area (Å²) in [6, 6.07) is 14.9. The number of nitrogens with one attached hydrogen (secondary N) is 2. The summed E-state index contributed by atoms with van der Waals surface area (Å²) in [6.45, 7) is 4.37. The third kappa shape index (κ3) is 6.24. The summed E-state index contributed by atoms with van der Waals surface area (Å²) in [4.78, 5) is 28.2. The first-order valence-electron chi connectivity index (χ1n) is 14.3. The number of rotatable bonds is 11. The molecule has 0 aliphatic carbocycles. The van der Waals surface area contributed by atoms with Crippen LogP contribution in [-0.2, 0) is 34.7 Å². The number of aliphatic hydroxyl groups excluding tert-OH is 1. The molecule has 1 unspecified atom stereocenters. The fourth-order valence-electron chi connectivity index (χ4n) is 5.63. The summed E-state index contributed by atoms with van der Waals surface area (Å²) < 4.78 is 1.72. The summed E-state index contributed by atoms with van der Waals surface area (Å²) >= 11 is 0. The van der Waals surface area contributed by atoms with Gasteiger partial charge >= 0.3 is 0 Å². The van der Waals surface area contributed by atoms with Gasteiger partial charge in [-0.25, -0.2) is 0 Å². The minimum absolute atomic E-state index is 0.00125. The molecule has 4 N–H and O–H groups in total. The number of piperidine rings is 1. The lowest BCUT2D eigenvalue weighted by Crippen LogP contribution is -2.44. The number of nitrogens with zero attached hydrogens (tertiary/aromatic N) is 4. The van der Waals surface area contributed by atoms with Crippen LogP contribution in [-0.4, -0.2) is 56.7 Å². The lowest BCUT2D eigenvalue weighted by atomic mass is 9.83. The van der Waals surface area contributed by atoms with Crippen LogP contribution >= 0.6 is 0 Å². The van der Waals surface area contributed by atoms with Crippen LogP contribution in [0.2, 0.25) is 0 Å². The van der Waals surface area contributed by atoms with Gasteiger partial charge in [-0.15, -0.1) is 5.10 Å². The van der Waals surface area contributed by atoms with Crippen molar-refractivity contribution >= 4 is 23.2 Å². The molecule has 0 radical (unpaired) electrons. The van der Waals surface area contributed by atoms with Crippen molar-refractivity contribution in [2.75, 3.05) is 29.9 Å². The highest BCUT2D eigenvalue weighted by Crippen LogP contribution is 2.45. The minimum atomic E-state index is -1.70. The van der Waals surface area contributed by atoms with Crippen molar-refractivity contribution in [1.82, 2.24) is 20.3 Å². The van der Waals surface area contributed by atoms with E-state index in [9.17, 15) is 14.7 Å². The molecule has 1 fully saturated rings. The van der Waals surface area contributed by atoms with E-state index in [2.05, 4.69) is 20.9 Å². The topological polar surface area (TPSA) is 133 Å². The van der Waals surface area contributed by atoms with Gasteiger partial charge in [-0.2, -0.15) is 0 Å². The van der Waals surface area contributed by atoms with Gasteiger partial charge in [0.15, 0.2) is 5.60 Å². The highest BCUT2D eigenvalue weighted by molar-refractivity contribution is 6.07. The maximum absolute atomic E-state index is 13.8. The molecule has 3 heterocycles. The van der Waals surface area contributed by atoms with Crippen molar-refractivity contribution < 1.29 is 19.8 Å². The molecule has 0 saturated carbocycles. The maximum Gasteiger partial charge on any atom is 0.264 e. The Labute approximate surface area is 240 Å². The van der Waals surface area contributed by atoms with E-state index in [1.165, 1.54) is 0 Å². The summed E-state index contributed by atoms with van der Waals surface area (Å²) in [5.41, 5.74) is 1.85. The number of aliphatic hydroxyl groups is 2. The van der Waals surface area contributed by atoms with Crippen LogP contribution < -0.4 is 15.5 Å². The summed E-state index contributed by atoms with van der Waals surface area (Å²) in [5, 5.41) is 35.3. The molecule has 10 nitrogen and oxygen atoms in total. The first-order chi connectivity index (χ1) is 19.9. The maximum atomic E-state index is 13.8. The number of aryl methyl sites for hydroxylation is 1. The van der Waals surface area contributed by atoms with E-state index in [1.807, 2.05) is 73.8 Å². The standard InChI is InChI=1S/C31H38N6O4/c1-22(8-4-5-16-36-21-26(14-17-38)34-35-36)31(41)27-12-2-3-13-28(27)37(30(31)40)20-23-9-6-11-25(18-23)33-29(39)24-10-7-15-32-19-24/h2-4,6,8-9,11-13,18,21-22,24,32,38,41H,5,7,10,14-17,19-20H2,1H3,(H,33,39)/b8-4+/t22-,24?,31+/m0/s1. The Morgan fingerprint density at radius 3 is 2.93 bits per heavy atom. The van der Waals surface area contributed by atoms with Gasteiger partial charge in [-0.05, 0) is 49.6 Å². The fourth-order valence-corrected chi connectivity index (χ4v) is 5.63. The molecule has 2 aliphatic rings. The third-order valence-electron chi connectivity index (χ3n) is 7.94. The SMILES string of the molecule is C[C@@H](/C=C/CCn1cc(CCO)nn1)[C@]1(O)C(=O)N(Cc2cccc(NC(=O)C3CCCNC3)c2)c2ccccc21. The van der Waals surface area contributed by atoms with E-state index in [4.69, 9.17) is 5.11 Å². The van der Waals surface area contributed by atoms with Crippen LogP contribution in [0.4, 0.5) is 11.4 Å². The highest BCUT2D eigenvalue weighted by Gasteiger charge is 2.52. The van der Waals surface area contributed by atoms with Gasteiger partial charge in [-0.1, -0.05) is 54.6 Å². The van der Waals surface area contributed by atoms with Gasteiger partial charge in [0.1, 0.15) is 0 Å². The minimum Gasteiger partial charge on any atom is -0.396 e. The monoisotopic (exact) mass is 558 g/mol. The molecule has 1 aromatic heterocycles. The van der Waals surface area contributed by atoms with Gasteiger partial charge in [0.05, 0.1) is 23.8 Å². The quantitative estimate of drug-likeness (QED) is 0.266. The van der Waals surface area contributed by atoms with Crippen molar-refractivity contribution in [3.8, 4) is 0 Å². The molecule has 3 atom stereocenters. The fraction of sp³-hybridized carbons (Fsp3) is 0.419. The van der Waals surface area contributed by atoms with Crippen LogP contribution in [0.3, 0.4) is 0 Å². The second-order valence-corrected chi connectivity index (χ2v) is 10.9. The number of fused-ring (bicyclic) bond motifs is 1. The molecule has 0 bridgehead atoms. The van der Waals surface area contributed by atoms with E-state index in [0.29, 0.717) is 42.9 Å². The molecule has 5 rings (SSSR count). The summed E-state index contributed by atoms with van der Waals surface area (Å²) in [7, 11) is 0. The normalized spacial score (nSPS) is 21.3. The van der Waals surface area contributed by atoms with E-state index in [-0.39, 0.29) is 30.9 Å². The Hall–Kier alpha value is -3.86. The Balaban J connectivity index is 1.27. The molecule has 0 spiro atoms. The Bertz CT molecular complexity index is 1400. The second kappa shape index (κ2) is 12.8. The van der Waals surface area contributed by atoms with E-state index in [1.54, 1.807) is 9.58 Å². The van der Waals surface area contributed by atoms with Gasteiger partial charge in [0.2, 0.25) is 5.91 Å². The number of allylic oxidation sites excluding steroid dienone is 1. The number of carbonyl (C=O) groups is 2. The lowest BCUT2D eigenvalue weighted by molar-refractivity contribution is -0.139. The van der Waals surface area contributed by atoms with Gasteiger partial charge in [0.25, 0.3) is 5.91 Å². The smallest absolute Gasteiger partial charge is 0.264 e.